The molecule has 28 heavy (non-hydrogen) atoms. The Kier molecular flexibility index (Phi) is 6.46. The van der Waals surface area contributed by atoms with Gasteiger partial charge < -0.3 is 14.8 Å². The van der Waals surface area contributed by atoms with Crippen LogP contribution in [0.15, 0.2) is 58.8 Å². The number of nitrogens with one attached hydrogen (secondary N) is 1. The molecule has 1 N–H and O–H groups in total. The van der Waals surface area contributed by atoms with E-state index in [0.29, 0.717) is 23.7 Å². The minimum Gasteiger partial charge on any atom is -0.497 e. The van der Waals surface area contributed by atoms with Crippen molar-refractivity contribution in [3.05, 3.63) is 64.4 Å². The number of ether oxygens (including phenoxy) is 2. The number of aromatic nitrogens is 1. The zero-order chi connectivity index (χ0) is 20.1. The number of anilines is 1. The van der Waals surface area contributed by atoms with Gasteiger partial charge >= 0.3 is 5.97 Å². The molecule has 0 saturated heterocycles. The Bertz CT molecular complexity index is 896. The summed E-state index contributed by atoms with van der Waals surface area (Å²) in [7, 11) is 1.58. The summed E-state index contributed by atoms with van der Waals surface area (Å²) in [5.74, 6) is -0.720. The van der Waals surface area contributed by atoms with Gasteiger partial charge in [-0.2, -0.15) is 0 Å². The zero-order valence-corrected chi connectivity index (χ0v) is 17.2. The van der Waals surface area contributed by atoms with Crippen LogP contribution >= 0.6 is 15.9 Å². The molecule has 0 bridgehead atoms. The molecule has 0 radical (unpaired) electrons. The SMILES string of the molecule is CCOC(=O)[C@H]1C(=O)C=C(Nc2ccc(Br)cn2)C[C@@H]1c1cccc(OC)c1. The molecule has 3 rings (SSSR count). The van der Waals surface area contributed by atoms with E-state index in [1.807, 2.05) is 36.4 Å². The van der Waals surface area contributed by atoms with Crippen molar-refractivity contribution in [1.29, 1.82) is 0 Å². The summed E-state index contributed by atoms with van der Waals surface area (Å²) in [6.07, 6.45) is 3.62. The maximum atomic E-state index is 12.8. The summed E-state index contributed by atoms with van der Waals surface area (Å²) in [4.78, 5) is 29.6. The van der Waals surface area contributed by atoms with Crippen molar-refractivity contribution >= 4 is 33.5 Å². The van der Waals surface area contributed by atoms with Crippen molar-refractivity contribution in [3.63, 3.8) is 0 Å². The number of nitrogens with zero attached hydrogens (tertiary/aromatic N) is 1. The lowest BCUT2D eigenvalue weighted by Gasteiger charge is -2.29. The van der Waals surface area contributed by atoms with Crippen LogP contribution in [0, 0.1) is 5.92 Å². The van der Waals surface area contributed by atoms with Gasteiger partial charge in [-0.3, -0.25) is 9.59 Å². The Morgan fingerprint density at radius 1 is 1.32 bits per heavy atom. The third-order valence-electron chi connectivity index (χ3n) is 4.54. The quantitative estimate of drug-likeness (QED) is 0.533. The third-order valence-corrected chi connectivity index (χ3v) is 5.01. The molecule has 0 amide bonds. The fourth-order valence-corrected chi connectivity index (χ4v) is 3.50. The molecule has 146 valence electrons. The van der Waals surface area contributed by atoms with Crippen LogP contribution in [0.25, 0.3) is 0 Å². The lowest BCUT2D eigenvalue weighted by Crippen LogP contribution is -2.35. The number of ketones is 1. The number of pyridine rings is 1. The van der Waals surface area contributed by atoms with Crippen molar-refractivity contribution in [2.45, 2.75) is 19.3 Å². The monoisotopic (exact) mass is 444 g/mol. The van der Waals surface area contributed by atoms with Gasteiger partial charge in [0.1, 0.15) is 17.5 Å². The van der Waals surface area contributed by atoms with E-state index >= 15 is 0 Å². The first kappa shape index (κ1) is 20.1. The van der Waals surface area contributed by atoms with Crippen molar-refractivity contribution in [1.82, 2.24) is 4.98 Å². The van der Waals surface area contributed by atoms with Crippen molar-refractivity contribution in [2.24, 2.45) is 5.92 Å². The minimum atomic E-state index is -0.879. The van der Waals surface area contributed by atoms with Crippen LogP contribution in [0.4, 0.5) is 5.82 Å². The number of halogens is 1. The lowest BCUT2D eigenvalue weighted by molar-refractivity contribution is -0.151. The highest BCUT2D eigenvalue weighted by molar-refractivity contribution is 9.10. The first-order chi connectivity index (χ1) is 13.5. The van der Waals surface area contributed by atoms with Crippen LogP contribution in [-0.2, 0) is 14.3 Å². The van der Waals surface area contributed by atoms with Crippen LogP contribution in [-0.4, -0.2) is 30.5 Å². The molecule has 0 fully saturated rings. The molecule has 0 unspecified atom stereocenters. The Morgan fingerprint density at radius 3 is 2.82 bits per heavy atom. The summed E-state index contributed by atoms with van der Waals surface area (Å²) in [6, 6.07) is 11.1. The van der Waals surface area contributed by atoms with Crippen LogP contribution in [0.3, 0.4) is 0 Å². The van der Waals surface area contributed by atoms with Gasteiger partial charge in [0.05, 0.1) is 13.7 Å². The fraction of sp³-hybridized carbons (Fsp3) is 0.286. The molecule has 6 nitrogen and oxygen atoms in total. The van der Waals surface area contributed by atoms with Crippen molar-refractivity contribution in [2.75, 3.05) is 19.0 Å². The molecule has 0 spiro atoms. The molecular weight excluding hydrogens is 424 g/mol. The van der Waals surface area contributed by atoms with Gasteiger partial charge in [-0.15, -0.1) is 0 Å². The summed E-state index contributed by atoms with van der Waals surface area (Å²) in [5, 5.41) is 3.18. The zero-order valence-electron chi connectivity index (χ0n) is 15.6. The normalized spacial score (nSPS) is 19.0. The second kappa shape index (κ2) is 9.01. The van der Waals surface area contributed by atoms with Gasteiger partial charge in [0.25, 0.3) is 0 Å². The number of rotatable bonds is 6. The smallest absolute Gasteiger partial charge is 0.317 e. The second-order valence-electron chi connectivity index (χ2n) is 6.38. The number of benzene rings is 1. The average molecular weight is 445 g/mol. The third kappa shape index (κ3) is 4.59. The van der Waals surface area contributed by atoms with Gasteiger partial charge in [-0.05, 0) is 59.1 Å². The van der Waals surface area contributed by atoms with E-state index in [1.54, 1.807) is 20.2 Å². The number of hydrogen-bond donors (Lipinski definition) is 1. The highest BCUT2D eigenvalue weighted by Gasteiger charge is 2.39. The molecular formula is C21H21BrN2O4. The first-order valence-electron chi connectivity index (χ1n) is 8.95. The molecule has 0 aliphatic heterocycles. The Labute approximate surface area is 172 Å². The van der Waals surface area contributed by atoms with Crippen molar-refractivity contribution < 1.29 is 19.1 Å². The van der Waals surface area contributed by atoms with Crippen LogP contribution in [0.1, 0.15) is 24.8 Å². The maximum Gasteiger partial charge on any atom is 0.317 e. The van der Waals surface area contributed by atoms with E-state index < -0.39 is 11.9 Å². The van der Waals surface area contributed by atoms with Crippen molar-refractivity contribution in [3.8, 4) is 5.75 Å². The Hall–Kier alpha value is -2.67. The van der Waals surface area contributed by atoms with Crippen LogP contribution in [0.2, 0.25) is 0 Å². The molecule has 2 aromatic rings. The molecule has 1 aromatic carbocycles. The van der Waals surface area contributed by atoms with E-state index in [9.17, 15) is 9.59 Å². The average Bonchev–Trinajstić information content (AvgIpc) is 2.69. The van der Waals surface area contributed by atoms with Gasteiger partial charge in [0.2, 0.25) is 0 Å². The highest BCUT2D eigenvalue weighted by atomic mass is 79.9. The number of esters is 1. The number of hydrogen-bond acceptors (Lipinski definition) is 6. The molecule has 7 heteroatoms. The van der Waals surface area contributed by atoms with Gasteiger partial charge in [0, 0.05) is 28.4 Å². The van der Waals surface area contributed by atoms with E-state index in [0.717, 1.165) is 10.0 Å². The largest absolute Gasteiger partial charge is 0.497 e. The maximum absolute atomic E-state index is 12.8. The molecule has 0 saturated carbocycles. The standard InChI is InChI=1S/C21H21BrN2O4/c1-3-28-21(26)20-17(13-5-4-6-16(9-13)27-2)10-15(11-18(20)25)24-19-8-7-14(22)12-23-19/h4-9,11-12,17,20H,3,10H2,1-2H3,(H,23,24)/t17-,20-/m1/s1. The highest BCUT2D eigenvalue weighted by Crippen LogP contribution is 2.38. The van der Waals surface area contributed by atoms with E-state index in [1.165, 1.54) is 6.08 Å². The number of allylic oxidation sites excluding steroid dienone is 2. The van der Waals surface area contributed by atoms with Crippen LogP contribution in [0.5, 0.6) is 5.75 Å². The summed E-state index contributed by atoms with van der Waals surface area (Å²) in [5.41, 5.74) is 1.55. The Morgan fingerprint density at radius 2 is 2.14 bits per heavy atom. The second-order valence-corrected chi connectivity index (χ2v) is 7.29. The topological polar surface area (TPSA) is 77.5 Å². The Balaban J connectivity index is 1.93. The van der Waals surface area contributed by atoms with Gasteiger partial charge in [-0.1, -0.05) is 12.1 Å². The predicted octanol–water partition coefficient (Wildman–Crippen LogP) is 4.08. The summed E-state index contributed by atoms with van der Waals surface area (Å²) in [6.45, 7) is 1.96. The summed E-state index contributed by atoms with van der Waals surface area (Å²) < 4.78 is 11.3. The number of methoxy groups -OCH3 is 1. The van der Waals surface area contributed by atoms with Crippen LogP contribution < -0.4 is 10.1 Å². The first-order valence-corrected chi connectivity index (χ1v) is 9.74. The van der Waals surface area contributed by atoms with E-state index in [4.69, 9.17) is 9.47 Å². The van der Waals surface area contributed by atoms with E-state index in [-0.39, 0.29) is 18.3 Å². The number of carbonyl (C=O) groups is 2. The molecule has 2 atom stereocenters. The fourth-order valence-electron chi connectivity index (χ4n) is 3.27. The lowest BCUT2D eigenvalue weighted by atomic mass is 9.76. The summed E-state index contributed by atoms with van der Waals surface area (Å²) >= 11 is 3.35. The van der Waals surface area contributed by atoms with Gasteiger partial charge in [0.15, 0.2) is 5.78 Å². The minimum absolute atomic E-state index is 0.227. The molecule has 1 aliphatic rings. The predicted molar refractivity (Wildman–Crippen MR) is 109 cm³/mol. The molecule has 1 aliphatic carbocycles. The molecule has 1 heterocycles. The number of carbonyl (C=O) groups excluding carboxylic acids is 2. The molecule has 1 aromatic heterocycles. The van der Waals surface area contributed by atoms with Gasteiger partial charge in [-0.25, -0.2) is 4.98 Å². The van der Waals surface area contributed by atoms with E-state index in [2.05, 4.69) is 26.2 Å².